The Bertz CT molecular complexity index is 973. The number of ether oxygens (including phenoxy) is 2. The topological polar surface area (TPSA) is 77.8 Å². The van der Waals surface area contributed by atoms with E-state index in [4.69, 9.17) is 9.47 Å². The third-order valence-corrected chi connectivity index (χ3v) is 5.61. The van der Waals surface area contributed by atoms with Gasteiger partial charge in [0.05, 0.1) is 20.3 Å². The van der Waals surface area contributed by atoms with Crippen LogP contribution in [0, 0.1) is 19.8 Å². The summed E-state index contributed by atoms with van der Waals surface area (Å²) in [5.74, 6) is 0.177. The van der Waals surface area contributed by atoms with Crippen molar-refractivity contribution in [3.8, 4) is 5.75 Å². The number of methoxy groups -OCH3 is 1. The average Bonchev–Trinajstić information content (AvgIpc) is 2.98. The van der Waals surface area contributed by atoms with Crippen molar-refractivity contribution in [1.82, 2.24) is 9.47 Å². The van der Waals surface area contributed by atoms with Gasteiger partial charge >= 0.3 is 5.97 Å². The molecule has 0 unspecified atom stereocenters. The summed E-state index contributed by atoms with van der Waals surface area (Å²) in [7, 11) is 3.31. The van der Waals surface area contributed by atoms with E-state index in [2.05, 4.69) is 13.8 Å². The molecule has 2 aromatic rings. The summed E-state index contributed by atoms with van der Waals surface area (Å²) in [6.45, 7) is 10.1. The molecule has 0 spiro atoms. The van der Waals surface area contributed by atoms with Gasteiger partial charge < -0.3 is 18.9 Å². The zero-order valence-electron chi connectivity index (χ0n) is 20.2. The summed E-state index contributed by atoms with van der Waals surface area (Å²) < 4.78 is 12.0. The average molecular weight is 443 g/mol. The summed E-state index contributed by atoms with van der Waals surface area (Å²) in [5.41, 5.74) is 2.58. The molecule has 0 saturated heterocycles. The Morgan fingerprint density at radius 1 is 1.09 bits per heavy atom. The minimum Gasteiger partial charge on any atom is -0.497 e. The summed E-state index contributed by atoms with van der Waals surface area (Å²) in [5, 5.41) is 0. The van der Waals surface area contributed by atoms with Gasteiger partial charge in [-0.25, -0.2) is 4.79 Å². The second-order valence-corrected chi connectivity index (χ2v) is 8.27. The van der Waals surface area contributed by atoms with Crippen molar-refractivity contribution < 1.29 is 23.9 Å². The van der Waals surface area contributed by atoms with E-state index in [1.807, 2.05) is 0 Å². The molecule has 7 nitrogen and oxygen atoms in total. The Balaban J connectivity index is 2.35. The number of aromatic nitrogens is 1. The van der Waals surface area contributed by atoms with Gasteiger partial charge in [0.15, 0.2) is 5.78 Å². The molecule has 0 radical (unpaired) electrons. The van der Waals surface area contributed by atoms with Crippen LogP contribution in [0.2, 0.25) is 0 Å². The van der Waals surface area contributed by atoms with Crippen LogP contribution in [0.5, 0.6) is 5.75 Å². The molecule has 0 atom stereocenters. The van der Waals surface area contributed by atoms with Gasteiger partial charge in [-0.15, -0.1) is 0 Å². The lowest BCUT2D eigenvalue weighted by Gasteiger charge is -2.23. The normalized spacial score (nSPS) is 10.9. The van der Waals surface area contributed by atoms with Crippen LogP contribution in [0.25, 0.3) is 0 Å². The fourth-order valence-corrected chi connectivity index (χ4v) is 3.71. The van der Waals surface area contributed by atoms with Crippen molar-refractivity contribution in [1.29, 1.82) is 0 Å². The highest BCUT2D eigenvalue weighted by atomic mass is 16.5. The van der Waals surface area contributed by atoms with Gasteiger partial charge in [-0.1, -0.05) is 13.8 Å². The molecule has 2 rings (SSSR count). The number of benzene rings is 1. The van der Waals surface area contributed by atoms with Crippen molar-refractivity contribution in [2.45, 2.75) is 41.0 Å². The van der Waals surface area contributed by atoms with E-state index in [-0.39, 0.29) is 24.8 Å². The monoisotopic (exact) mass is 442 g/mol. The number of Topliss-reactive ketones (excluding diaryl/α,β-unsaturated/α-hetero) is 1. The van der Waals surface area contributed by atoms with Crippen molar-refractivity contribution in [3.05, 3.63) is 52.3 Å². The van der Waals surface area contributed by atoms with Gasteiger partial charge in [0.2, 0.25) is 0 Å². The Morgan fingerprint density at radius 2 is 1.72 bits per heavy atom. The maximum Gasteiger partial charge on any atom is 0.355 e. The quantitative estimate of drug-likeness (QED) is 0.407. The molecule has 7 heteroatoms. The minimum atomic E-state index is -0.458. The Hall–Kier alpha value is -3.09. The van der Waals surface area contributed by atoms with Gasteiger partial charge in [-0.2, -0.15) is 0 Å². The van der Waals surface area contributed by atoms with E-state index in [0.717, 1.165) is 6.42 Å². The number of ketones is 1. The molecule has 1 amide bonds. The van der Waals surface area contributed by atoms with E-state index < -0.39 is 5.97 Å². The Morgan fingerprint density at radius 3 is 2.25 bits per heavy atom. The largest absolute Gasteiger partial charge is 0.497 e. The van der Waals surface area contributed by atoms with Gasteiger partial charge in [0.1, 0.15) is 11.4 Å². The standard InChI is InChI=1S/C25H34N2O5/c1-8-32-25(30)23-17(4)22(18(5)26(23)6)21(28)15-27(14-13-16(2)3)24(29)19-9-11-20(31-7)12-10-19/h9-12,16H,8,13-15H2,1-7H3. The summed E-state index contributed by atoms with van der Waals surface area (Å²) >= 11 is 0. The zero-order valence-corrected chi connectivity index (χ0v) is 20.2. The highest BCUT2D eigenvalue weighted by molar-refractivity contribution is 6.06. The first-order chi connectivity index (χ1) is 15.1. The molecule has 32 heavy (non-hydrogen) atoms. The van der Waals surface area contributed by atoms with Crippen molar-refractivity contribution in [2.75, 3.05) is 26.8 Å². The van der Waals surface area contributed by atoms with Gasteiger partial charge in [0, 0.05) is 30.4 Å². The number of amides is 1. The predicted octanol–water partition coefficient (Wildman–Crippen LogP) is 4.20. The van der Waals surface area contributed by atoms with E-state index in [9.17, 15) is 14.4 Å². The fourth-order valence-electron chi connectivity index (χ4n) is 3.71. The van der Waals surface area contributed by atoms with Gasteiger partial charge in [-0.3, -0.25) is 9.59 Å². The lowest BCUT2D eigenvalue weighted by atomic mass is 10.0. The van der Waals surface area contributed by atoms with E-state index in [1.54, 1.807) is 68.7 Å². The zero-order chi connectivity index (χ0) is 24.0. The first kappa shape index (κ1) is 25.2. The minimum absolute atomic E-state index is 0.0639. The molecule has 174 valence electrons. The molecular formula is C25H34N2O5. The highest BCUT2D eigenvalue weighted by Gasteiger charge is 2.28. The first-order valence-corrected chi connectivity index (χ1v) is 10.9. The highest BCUT2D eigenvalue weighted by Crippen LogP contribution is 2.23. The van der Waals surface area contributed by atoms with Crippen LogP contribution in [0.1, 0.15) is 69.7 Å². The van der Waals surface area contributed by atoms with Crippen LogP contribution in [-0.4, -0.2) is 53.9 Å². The Kier molecular flexibility index (Phi) is 8.63. The summed E-state index contributed by atoms with van der Waals surface area (Å²) in [6, 6.07) is 6.86. The molecule has 0 saturated carbocycles. The van der Waals surface area contributed by atoms with E-state index >= 15 is 0 Å². The molecule has 0 N–H and O–H groups in total. The molecule has 0 fully saturated rings. The molecule has 0 aliphatic carbocycles. The summed E-state index contributed by atoms with van der Waals surface area (Å²) in [6.07, 6.45) is 0.774. The van der Waals surface area contributed by atoms with E-state index in [0.29, 0.717) is 46.3 Å². The number of carbonyl (C=O) groups is 3. The molecular weight excluding hydrogens is 408 g/mol. The SMILES string of the molecule is CCOC(=O)c1c(C)c(C(=O)CN(CCC(C)C)C(=O)c2ccc(OC)cc2)c(C)n1C. The molecule has 1 heterocycles. The number of nitrogens with zero attached hydrogens (tertiary/aromatic N) is 2. The first-order valence-electron chi connectivity index (χ1n) is 10.9. The lowest BCUT2D eigenvalue weighted by Crippen LogP contribution is -2.37. The fraction of sp³-hybridized carbons (Fsp3) is 0.480. The van der Waals surface area contributed by atoms with Crippen LogP contribution in [-0.2, 0) is 11.8 Å². The number of hydrogen-bond donors (Lipinski definition) is 0. The maximum atomic E-state index is 13.3. The number of rotatable bonds is 10. The van der Waals surface area contributed by atoms with E-state index in [1.165, 1.54) is 0 Å². The lowest BCUT2D eigenvalue weighted by molar-refractivity contribution is 0.0514. The third-order valence-electron chi connectivity index (χ3n) is 5.61. The number of esters is 1. The number of hydrogen-bond acceptors (Lipinski definition) is 5. The molecule has 1 aromatic carbocycles. The smallest absolute Gasteiger partial charge is 0.355 e. The maximum absolute atomic E-state index is 13.3. The third kappa shape index (κ3) is 5.58. The molecule has 0 bridgehead atoms. The molecule has 1 aromatic heterocycles. The van der Waals surface area contributed by atoms with Gasteiger partial charge in [0.25, 0.3) is 5.91 Å². The Labute approximate surface area is 190 Å². The van der Waals surface area contributed by atoms with Crippen molar-refractivity contribution in [2.24, 2.45) is 13.0 Å². The second-order valence-electron chi connectivity index (χ2n) is 8.27. The van der Waals surface area contributed by atoms with Crippen LogP contribution in [0.4, 0.5) is 0 Å². The molecule has 0 aliphatic heterocycles. The van der Waals surface area contributed by atoms with Crippen molar-refractivity contribution in [3.63, 3.8) is 0 Å². The summed E-state index contributed by atoms with van der Waals surface area (Å²) in [4.78, 5) is 40.5. The van der Waals surface area contributed by atoms with Gasteiger partial charge in [-0.05, 0) is 62.9 Å². The van der Waals surface area contributed by atoms with Crippen LogP contribution in [0.15, 0.2) is 24.3 Å². The van der Waals surface area contributed by atoms with Crippen LogP contribution >= 0.6 is 0 Å². The molecule has 0 aliphatic rings. The van der Waals surface area contributed by atoms with Crippen LogP contribution < -0.4 is 4.74 Å². The van der Waals surface area contributed by atoms with Crippen molar-refractivity contribution >= 4 is 17.7 Å². The van der Waals surface area contributed by atoms with Crippen LogP contribution in [0.3, 0.4) is 0 Å². The second kappa shape index (κ2) is 11.0. The predicted molar refractivity (Wildman–Crippen MR) is 124 cm³/mol. The number of carbonyl (C=O) groups excluding carboxylic acids is 3.